The highest BCUT2D eigenvalue weighted by molar-refractivity contribution is 6.14. The number of nitriles is 1. The monoisotopic (exact) mass is 334 g/mol. The predicted octanol–water partition coefficient (Wildman–Crippen LogP) is 2.43. The Labute approximate surface area is 140 Å². The van der Waals surface area contributed by atoms with Gasteiger partial charge >= 0.3 is 5.76 Å². The molecule has 0 aliphatic heterocycles. The van der Waals surface area contributed by atoms with Crippen LogP contribution in [0.4, 0.5) is 0 Å². The fourth-order valence-electron chi connectivity index (χ4n) is 2.31. The number of aldehydes is 1. The third kappa shape index (κ3) is 3.09. The smallest absolute Gasteiger partial charge is 0.417 e. The number of oxazole rings is 1. The number of carbonyl (C=O) groups excluding carboxylic acids is 2. The van der Waals surface area contributed by atoms with Crippen LogP contribution in [0.15, 0.2) is 51.2 Å². The number of carbonyl (C=O) groups is 2. The summed E-state index contributed by atoms with van der Waals surface area (Å²) < 4.78 is 4.90. The number of rotatable bonds is 4. The first-order valence-electron chi connectivity index (χ1n) is 7.09. The first-order chi connectivity index (χ1) is 12.0. The normalized spacial score (nSPS) is 11.2. The van der Waals surface area contributed by atoms with E-state index in [0.29, 0.717) is 17.4 Å². The zero-order valence-corrected chi connectivity index (χ0v) is 12.6. The van der Waals surface area contributed by atoms with Gasteiger partial charge in [0.25, 0.3) is 0 Å². The van der Waals surface area contributed by atoms with E-state index in [0.717, 1.165) is 0 Å². The van der Waals surface area contributed by atoms with Crippen molar-refractivity contribution < 1.29 is 19.1 Å². The number of allylic oxidation sites excluding steroid dienone is 1. The molecule has 0 atom stereocenters. The van der Waals surface area contributed by atoms with E-state index in [-0.39, 0.29) is 28.0 Å². The number of hydrogen-bond donors (Lipinski definition) is 2. The fraction of sp³-hybridized carbons (Fsp3) is 0. The lowest BCUT2D eigenvalue weighted by Crippen LogP contribution is -2.01. The van der Waals surface area contributed by atoms with Gasteiger partial charge in [-0.2, -0.15) is 5.26 Å². The Morgan fingerprint density at radius 3 is 2.76 bits per heavy atom. The molecule has 25 heavy (non-hydrogen) atoms. The molecular weight excluding hydrogens is 324 g/mol. The summed E-state index contributed by atoms with van der Waals surface area (Å²) in [5.74, 6) is -1.39. The van der Waals surface area contributed by atoms with E-state index < -0.39 is 11.5 Å². The first kappa shape index (κ1) is 16.0. The van der Waals surface area contributed by atoms with Gasteiger partial charge in [0.1, 0.15) is 17.4 Å². The minimum atomic E-state index is -0.638. The molecule has 0 saturated heterocycles. The quantitative estimate of drug-likeness (QED) is 0.327. The summed E-state index contributed by atoms with van der Waals surface area (Å²) in [6, 6.07) is 10.3. The highest BCUT2D eigenvalue weighted by atomic mass is 16.4. The van der Waals surface area contributed by atoms with E-state index >= 15 is 0 Å². The molecule has 2 aromatic carbocycles. The molecule has 0 unspecified atom stereocenters. The minimum absolute atomic E-state index is 0.0500. The number of ketones is 1. The Kier molecular flexibility index (Phi) is 4.02. The molecule has 0 radical (unpaired) electrons. The van der Waals surface area contributed by atoms with Crippen molar-refractivity contribution in [2.24, 2.45) is 0 Å². The Bertz CT molecular complexity index is 1130. The van der Waals surface area contributed by atoms with Gasteiger partial charge in [0.15, 0.2) is 11.9 Å². The lowest BCUT2D eigenvalue weighted by Gasteiger charge is -2.02. The number of nitrogens with one attached hydrogen (secondary N) is 1. The number of nitrogens with zero attached hydrogens (tertiary/aromatic N) is 1. The molecule has 2 N–H and O–H groups in total. The lowest BCUT2D eigenvalue weighted by molar-refractivity contribution is 0.103. The summed E-state index contributed by atoms with van der Waals surface area (Å²) in [6.07, 6.45) is 1.79. The van der Waals surface area contributed by atoms with Crippen molar-refractivity contribution in [1.82, 2.24) is 4.98 Å². The SMILES string of the molecule is N#C/C(=C\c1ccc(O)c(C=O)c1)C(=O)c1ccc2[nH]c(=O)oc2c1. The van der Waals surface area contributed by atoms with Crippen LogP contribution in [-0.4, -0.2) is 22.2 Å². The van der Waals surface area contributed by atoms with Gasteiger partial charge in [-0.15, -0.1) is 0 Å². The molecule has 3 rings (SSSR count). The number of phenolic OH excluding ortho intramolecular Hbond substituents is 1. The molecule has 0 spiro atoms. The standard InChI is InChI=1S/C18H10N2O5/c19-8-12(5-10-1-4-15(22)13(6-10)9-21)17(23)11-2-3-14-16(7-11)25-18(24)20-14/h1-7,9,22H,(H,20,24)/b12-5+. The number of phenols is 1. The highest BCUT2D eigenvalue weighted by Gasteiger charge is 2.14. The molecule has 1 aromatic heterocycles. The second-order valence-electron chi connectivity index (χ2n) is 5.16. The maximum Gasteiger partial charge on any atom is 0.417 e. The van der Waals surface area contributed by atoms with Crippen LogP contribution in [0.1, 0.15) is 26.3 Å². The van der Waals surface area contributed by atoms with Gasteiger partial charge in [0.2, 0.25) is 5.78 Å². The van der Waals surface area contributed by atoms with Gasteiger partial charge in [-0.3, -0.25) is 14.6 Å². The summed E-state index contributed by atoms with van der Waals surface area (Å²) in [7, 11) is 0. The van der Waals surface area contributed by atoms with E-state index in [1.165, 1.54) is 42.5 Å². The first-order valence-corrected chi connectivity index (χ1v) is 7.09. The summed E-state index contributed by atoms with van der Waals surface area (Å²) in [5.41, 5.74) is 1.13. The number of hydrogen-bond acceptors (Lipinski definition) is 6. The maximum atomic E-state index is 12.5. The zero-order valence-electron chi connectivity index (χ0n) is 12.6. The second kappa shape index (κ2) is 6.29. The van der Waals surface area contributed by atoms with Crippen molar-refractivity contribution in [2.45, 2.75) is 0 Å². The average Bonchev–Trinajstić information content (AvgIpc) is 2.99. The third-order valence-corrected chi connectivity index (χ3v) is 3.54. The van der Waals surface area contributed by atoms with Crippen LogP contribution in [-0.2, 0) is 0 Å². The number of H-pyrrole nitrogens is 1. The van der Waals surface area contributed by atoms with E-state index in [1.54, 1.807) is 0 Å². The molecule has 7 nitrogen and oxygen atoms in total. The van der Waals surface area contributed by atoms with Crippen LogP contribution >= 0.6 is 0 Å². The van der Waals surface area contributed by atoms with E-state index in [1.807, 2.05) is 6.07 Å². The van der Waals surface area contributed by atoms with Crippen LogP contribution in [0.5, 0.6) is 5.75 Å². The molecule has 0 aliphatic carbocycles. The number of benzene rings is 2. The van der Waals surface area contributed by atoms with Crippen molar-refractivity contribution >= 4 is 29.2 Å². The average molecular weight is 334 g/mol. The Morgan fingerprint density at radius 1 is 1.24 bits per heavy atom. The number of fused-ring (bicyclic) bond motifs is 1. The van der Waals surface area contributed by atoms with Crippen LogP contribution in [0.25, 0.3) is 17.2 Å². The summed E-state index contributed by atoms with van der Waals surface area (Å²) in [6.45, 7) is 0. The van der Waals surface area contributed by atoms with Gasteiger partial charge in [0.05, 0.1) is 11.1 Å². The van der Waals surface area contributed by atoms with Crippen molar-refractivity contribution in [3.63, 3.8) is 0 Å². The summed E-state index contributed by atoms with van der Waals surface area (Å²) in [4.78, 5) is 37.0. The van der Waals surface area contributed by atoms with Crippen LogP contribution in [0.3, 0.4) is 0 Å². The molecule has 0 bridgehead atoms. The topological polar surface area (TPSA) is 124 Å². The molecule has 0 aliphatic rings. The van der Waals surface area contributed by atoms with Gasteiger partial charge in [-0.05, 0) is 42.0 Å². The van der Waals surface area contributed by atoms with Crippen molar-refractivity contribution in [3.8, 4) is 11.8 Å². The largest absolute Gasteiger partial charge is 0.507 e. The molecule has 0 saturated carbocycles. The van der Waals surface area contributed by atoms with Gasteiger partial charge < -0.3 is 9.52 Å². The summed E-state index contributed by atoms with van der Waals surface area (Å²) >= 11 is 0. The maximum absolute atomic E-state index is 12.5. The van der Waals surface area contributed by atoms with Crippen molar-refractivity contribution in [3.05, 3.63) is 69.2 Å². The predicted molar refractivity (Wildman–Crippen MR) is 88.2 cm³/mol. The molecule has 3 aromatic rings. The van der Waals surface area contributed by atoms with E-state index in [2.05, 4.69) is 4.98 Å². The van der Waals surface area contributed by atoms with Gasteiger partial charge in [-0.1, -0.05) is 6.07 Å². The Hall–Kier alpha value is -3.92. The summed E-state index contributed by atoms with van der Waals surface area (Å²) in [5, 5.41) is 18.8. The van der Waals surface area contributed by atoms with Crippen molar-refractivity contribution in [2.75, 3.05) is 0 Å². The highest BCUT2D eigenvalue weighted by Crippen LogP contribution is 2.20. The minimum Gasteiger partial charge on any atom is -0.507 e. The molecule has 0 fully saturated rings. The second-order valence-corrected chi connectivity index (χ2v) is 5.16. The Morgan fingerprint density at radius 2 is 2.04 bits per heavy atom. The van der Waals surface area contributed by atoms with Gasteiger partial charge in [0, 0.05) is 5.56 Å². The number of aromatic amines is 1. The van der Waals surface area contributed by atoms with Crippen LogP contribution in [0.2, 0.25) is 0 Å². The molecule has 0 amide bonds. The number of aromatic hydroxyl groups is 1. The molecule has 122 valence electrons. The van der Waals surface area contributed by atoms with Crippen LogP contribution in [0, 0.1) is 11.3 Å². The van der Waals surface area contributed by atoms with E-state index in [9.17, 15) is 24.8 Å². The third-order valence-electron chi connectivity index (χ3n) is 3.54. The van der Waals surface area contributed by atoms with Crippen LogP contribution < -0.4 is 5.76 Å². The Balaban J connectivity index is 2.01. The zero-order chi connectivity index (χ0) is 18.0. The lowest BCUT2D eigenvalue weighted by atomic mass is 10.0. The fourth-order valence-corrected chi connectivity index (χ4v) is 2.31. The number of Topliss-reactive ketones (excluding diaryl/α,β-unsaturated/α-hetero) is 1. The van der Waals surface area contributed by atoms with Gasteiger partial charge in [-0.25, -0.2) is 4.79 Å². The molecule has 1 heterocycles. The van der Waals surface area contributed by atoms with Crippen molar-refractivity contribution in [1.29, 1.82) is 5.26 Å². The molecule has 7 heteroatoms. The van der Waals surface area contributed by atoms with E-state index in [4.69, 9.17) is 4.42 Å². The number of aromatic nitrogens is 1. The molecular formula is C18H10N2O5.